The number of rotatable bonds is 5. The maximum Gasteiger partial charge on any atom is 0.252 e. The van der Waals surface area contributed by atoms with E-state index in [4.69, 9.17) is 5.73 Å². The summed E-state index contributed by atoms with van der Waals surface area (Å²) in [5.74, 6) is 1.49. The first kappa shape index (κ1) is 13.9. The quantitative estimate of drug-likeness (QED) is 0.815. The second kappa shape index (κ2) is 5.40. The summed E-state index contributed by atoms with van der Waals surface area (Å²) in [6.07, 6.45) is 2.50. The van der Waals surface area contributed by atoms with Crippen LogP contribution in [0.15, 0.2) is 6.07 Å². The Labute approximate surface area is 123 Å². The molecule has 1 atom stereocenters. The monoisotopic (exact) mass is 288 g/mol. The fourth-order valence-corrected chi connectivity index (χ4v) is 2.41. The Balaban J connectivity index is 1.64. The van der Waals surface area contributed by atoms with E-state index in [-0.39, 0.29) is 18.4 Å². The largest absolute Gasteiger partial charge is 0.354 e. The molecule has 1 unspecified atom stereocenters. The van der Waals surface area contributed by atoms with E-state index >= 15 is 0 Å². The molecule has 3 rings (SSSR count). The van der Waals surface area contributed by atoms with Crippen LogP contribution in [0.25, 0.3) is 5.78 Å². The van der Waals surface area contributed by atoms with E-state index in [9.17, 15) is 4.79 Å². The van der Waals surface area contributed by atoms with Crippen molar-refractivity contribution in [1.29, 1.82) is 0 Å². The van der Waals surface area contributed by atoms with Gasteiger partial charge in [0.15, 0.2) is 5.82 Å². The van der Waals surface area contributed by atoms with Crippen molar-refractivity contribution in [2.45, 2.75) is 39.2 Å². The van der Waals surface area contributed by atoms with E-state index in [2.05, 4.69) is 20.4 Å². The van der Waals surface area contributed by atoms with Gasteiger partial charge in [-0.25, -0.2) is 9.50 Å². The van der Waals surface area contributed by atoms with E-state index in [1.54, 1.807) is 4.52 Å². The molecule has 0 aliphatic heterocycles. The molecule has 0 radical (unpaired) electrons. The fraction of sp³-hybridized carbons (Fsp3) is 0.571. The zero-order chi connectivity index (χ0) is 15.0. The second-order valence-electron chi connectivity index (χ2n) is 5.76. The van der Waals surface area contributed by atoms with Crippen LogP contribution in [-0.2, 0) is 11.2 Å². The molecule has 0 aromatic carbocycles. The van der Waals surface area contributed by atoms with E-state index in [0.717, 1.165) is 11.4 Å². The van der Waals surface area contributed by atoms with Gasteiger partial charge in [-0.1, -0.05) is 0 Å². The molecule has 21 heavy (non-hydrogen) atoms. The highest BCUT2D eigenvalue weighted by Crippen LogP contribution is 2.31. The predicted molar refractivity (Wildman–Crippen MR) is 77.7 cm³/mol. The van der Waals surface area contributed by atoms with Crippen LogP contribution in [0.1, 0.15) is 30.1 Å². The van der Waals surface area contributed by atoms with Gasteiger partial charge in [0.25, 0.3) is 5.78 Å². The maximum atomic E-state index is 11.9. The lowest BCUT2D eigenvalue weighted by atomic mass is 10.2. The van der Waals surface area contributed by atoms with Crippen molar-refractivity contribution in [3.63, 3.8) is 0 Å². The Morgan fingerprint density at radius 3 is 2.95 bits per heavy atom. The number of hydrogen-bond acceptors (Lipinski definition) is 5. The normalized spacial score (nSPS) is 16.1. The molecular formula is C14H20N6O. The smallest absolute Gasteiger partial charge is 0.252 e. The number of amides is 1. The summed E-state index contributed by atoms with van der Waals surface area (Å²) in [4.78, 5) is 20.5. The Hall–Kier alpha value is -2.02. The minimum Gasteiger partial charge on any atom is -0.354 e. The molecule has 2 aromatic rings. The summed E-state index contributed by atoms with van der Waals surface area (Å²) in [5.41, 5.74) is 7.80. The van der Waals surface area contributed by atoms with Crippen LogP contribution in [0, 0.1) is 19.8 Å². The molecule has 7 heteroatoms. The second-order valence-corrected chi connectivity index (χ2v) is 5.76. The first-order chi connectivity index (χ1) is 10.0. The number of aryl methyl sites for hydroxylation is 2. The van der Waals surface area contributed by atoms with Crippen LogP contribution in [0.2, 0.25) is 0 Å². The molecule has 0 spiro atoms. The van der Waals surface area contributed by atoms with Crippen molar-refractivity contribution in [2.75, 3.05) is 6.54 Å². The molecule has 0 saturated heterocycles. The first-order valence-electron chi connectivity index (χ1n) is 7.25. The van der Waals surface area contributed by atoms with Gasteiger partial charge < -0.3 is 11.1 Å². The van der Waals surface area contributed by atoms with Gasteiger partial charge in [0.1, 0.15) is 0 Å². The lowest BCUT2D eigenvalue weighted by Gasteiger charge is -2.10. The summed E-state index contributed by atoms with van der Waals surface area (Å²) in [6.45, 7) is 4.37. The number of fused-ring (bicyclic) bond motifs is 1. The molecule has 1 fully saturated rings. The minimum atomic E-state index is -0.101. The average Bonchev–Trinajstić information content (AvgIpc) is 3.18. The zero-order valence-electron chi connectivity index (χ0n) is 12.3. The van der Waals surface area contributed by atoms with Crippen molar-refractivity contribution in [2.24, 2.45) is 11.7 Å². The molecular weight excluding hydrogens is 268 g/mol. The molecule has 7 nitrogen and oxygen atoms in total. The van der Waals surface area contributed by atoms with Crippen molar-refractivity contribution in [3.8, 4) is 0 Å². The van der Waals surface area contributed by atoms with Crippen LogP contribution in [-0.4, -0.2) is 38.1 Å². The molecule has 1 saturated carbocycles. The maximum absolute atomic E-state index is 11.9. The summed E-state index contributed by atoms with van der Waals surface area (Å²) in [7, 11) is 0. The highest BCUT2D eigenvalue weighted by Gasteiger charge is 2.28. The lowest BCUT2D eigenvalue weighted by molar-refractivity contribution is -0.120. The number of carbonyl (C=O) groups excluding carboxylic acids is 1. The van der Waals surface area contributed by atoms with Crippen LogP contribution in [0.5, 0.6) is 0 Å². The SMILES string of the molecule is Cc1cc(C)n2nc(CC(=O)NCC(N)C3CC3)nc2n1. The molecule has 1 amide bonds. The van der Waals surface area contributed by atoms with Crippen LogP contribution in [0.4, 0.5) is 0 Å². The number of nitrogens with two attached hydrogens (primary N) is 1. The van der Waals surface area contributed by atoms with Crippen molar-refractivity contribution in [1.82, 2.24) is 24.9 Å². The number of hydrogen-bond donors (Lipinski definition) is 2. The number of aromatic nitrogens is 4. The van der Waals surface area contributed by atoms with Gasteiger partial charge in [0.2, 0.25) is 5.91 Å². The lowest BCUT2D eigenvalue weighted by Crippen LogP contribution is -2.39. The predicted octanol–water partition coefficient (Wildman–Crippen LogP) is 0.137. The molecule has 1 aliphatic rings. The highest BCUT2D eigenvalue weighted by atomic mass is 16.1. The van der Waals surface area contributed by atoms with Crippen LogP contribution < -0.4 is 11.1 Å². The third kappa shape index (κ3) is 3.18. The number of nitrogens with one attached hydrogen (secondary N) is 1. The van der Waals surface area contributed by atoms with Gasteiger partial charge >= 0.3 is 0 Å². The Bertz CT molecular complexity index is 675. The topological polar surface area (TPSA) is 98.2 Å². The van der Waals surface area contributed by atoms with Gasteiger partial charge in [-0.2, -0.15) is 4.98 Å². The molecule has 1 aliphatic carbocycles. The van der Waals surface area contributed by atoms with Gasteiger partial charge in [-0.05, 0) is 38.7 Å². The van der Waals surface area contributed by atoms with E-state index in [0.29, 0.717) is 24.1 Å². The Morgan fingerprint density at radius 1 is 1.48 bits per heavy atom. The van der Waals surface area contributed by atoms with Gasteiger partial charge in [-0.3, -0.25) is 4.79 Å². The molecule has 0 bridgehead atoms. The molecule has 112 valence electrons. The van der Waals surface area contributed by atoms with Crippen LogP contribution in [0.3, 0.4) is 0 Å². The van der Waals surface area contributed by atoms with Crippen molar-refractivity contribution in [3.05, 3.63) is 23.3 Å². The summed E-state index contributed by atoms with van der Waals surface area (Å²) in [6, 6.07) is 2.00. The highest BCUT2D eigenvalue weighted by molar-refractivity contribution is 5.77. The molecule has 3 N–H and O–H groups in total. The zero-order valence-corrected chi connectivity index (χ0v) is 12.3. The van der Waals surface area contributed by atoms with E-state index in [1.165, 1.54) is 12.8 Å². The summed E-state index contributed by atoms with van der Waals surface area (Å²) in [5, 5.41) is 7.17. The van der Waals surface area contributed by atoms with Gasteiger partial charge in [0.05, 0.1) is 6.42 Å². The molecule has 2 aromatic heterocycles. The third-order valence-electron chi connectivity index (χ3n) is 3.74. The Kier molecular flexibility index (Phi) is 3.59. The van der Waals surface area contributed by atoms with Gasteiger partial charge in [0, 0.05) is 24.0 Å². The van der Waals surface area contributed by atoms with Crippen LogP contribution >= 0.6 is 0 Å². The Morgan fingerprint density at radius 2 is 2.24 bits per heavy atom. The molecule has 2 heterocycles. The van der Waals surface area contributed by atoms with Crippen molar-refractivity contribution < 1.29 is 4.79 Å². The fourth-order valence-electron chi connectivity index (χ4n) is 2.41. The average molecular weight is 288 g/mol. The van der Waals surface area contributed by atoms with Crippen molar-refractivity contribution >= 4 is 11.7 Å². The van der Waals surface area contributed by atoms with E-state index in [1.807, 2.05) is 19.9 Å². The third-order valence-corrected chi connectivity index (χ3v) is 3.74. The van der Waals surface area contributed by atoms with E-state index < -0.39 is 0 Å². The number of carbonyl (C=O) groups is 1. The summed E-state index contributed by atoms with van der Waals surface area (Å²) >= 11 is 0. The minimum absolute atomic E-state index is 0.0644. The summed E-state index contributed by atoms with van der Waals surface area (Å²) < 4.78 is 1.66. The standard InChI is InChI=1S/C14H20N6O/c1-8-5-9(2)20-14(17-8)18-12(19-20)6-13(21)16-7-11(15)10-3-4-10/h5,10-11H,3-4,6-7,15H2,1-2H3,(H,16,21). The first-order valence-corrected chi connectivity index (χ1v) is 7.25. The number of nitrogens with zero attached hydrogens (tertiary/aromatic N) is 4. The van der Waals surface area contributed by atoms with Gasteiger partial charge in [-0.15, -0.1) is 5.10 Å².